The maximum absolute atomic E-state index is 12.8. The molecule has 4 atom stereocenters. The van der Waals surface area contributed by atoms with E-state index in [4.69, 9.17) is 9.47 Å². The minimum atomic E-state index is -1.10. The maximum Gasteiger partial charge on any atom is 0.326 e. The molecule has 1 fully saturated rings. The standard InChI is InChI=1S/C24H36N2O6/c1-4-31-23(30)19(13-12-18-10-6-5-7-11-18)25-17(2)21(27)26-20(22(28)29)16-24(3)14-8-9-15-32-24/h5-7,10-11,17,19-20,25H,4,8-9,12-16H2,1-3H3,(H,26,27)(H,28,29)/t17-,19?,20-,24?/m0/s1. The van der Waals surface area contributed by atoms with Gasteiger partial charge >= 0.3 is 11.9 Å². The lowest BCUT2D eigenvalue weighted by Crippen LogP contribution is -2.55. The predicted molar refractivity (Wildman–Crippen MR) is 120 cm³/mol. The Kier molecular flexibility index (Phi) is 10.1. The average molecular weight is 449 g/mol. The smallest absolute Gasteiger partial charge is 0.326 e. The molecule has 0 saturated carbocycles. The van der Waals surface area contributed by atoms with Crippen LogP contribution < -0.4 is 10.6 Å². The fourth-order valence-electron chi connectivity index (χ4n) is 3.93. The zero-order chi connectivity index (χ0) is 23.6. The highest BCUT2D eigenvalue weighted by atomic mass is 16.5. The van der Waals surface area contributed by atoms with E-state index in [9.17, 15) is 19.5 Å². The number of aliphatic carboxylic acids is 1. The summed E-state index contributed by atoms with van der Waals surface area (Å²) in [7, 11) is 0. The van der Waals surface area contributed by atoms with Gasteiger partial charge in [-0.1, -0.05) is 30.3 Å². The first kappa shape index (κ1) is 25.8. The zero-order valence-corrected chi connectivity index (χ0v) is 19.3. The van der Waals surface area contributed by atoms with Gasteiger partial charge in [0.15, 0.2) is 0 Å². The van der Waals surface area contributed by atoms with Crippen LogP contribution in [0.4, 0.5) is 0 Å². The van der Waals surface area contributed by atoms with Gasteiger partial charge in [-0.05, 0) is 58.4 Å². The average Bonchev–Trinajstić information content (AvgIpc) is 2.77. The molecule has 1 saturated heterocycles. The molecule has 0 spiro atoms. The minimum Gasteiger partial charge on any atom is -0.480 e. The molecule has 1 heterocycles. The van der Waals surface area contributed by atoms with Crippen molar-refractivity contribution >= 4 is 17.8 Å². The second kappa shape index (κ2) is 12.6. The number of benzene rings is 1. The fraction of sp³-hybridized carbons (Fsp3) is 0.625. The lowest BCUT2D eigenvalue weighted by atomic mass is 9.89. The molecule has 1 aromatic rings. The number of carboxylic acid groups (broad SMARTS) is 1. The molecule has 0 aliphatic carbocycles. The molecule has 178 valence electrons. The summed E-state index contributed by atoms with van der Waals surface area (Å²) in [5, 5.41) is 15.3. The van der Waals surface area contributed by atoms with Gasteiger partial charge in [0.25, 0.3) is 0 Å². The van der Waals surface area contributed by atoms with Crippen LogP contribution in [0.3, 0.4) is 0 Å². The second-order valence-corrected chi connectivity index (χ2v) is 8.58. The first-order valence-corrected chi connectivity index (χ1v) is 11.4. The Hall–Kier alpha value is -2.45. The number of aryl methyl sites for hydroxylation is 1. The van der Waals surface area contributed by atoms with Gasteiger partial charge in [-0.3, -0.25) is 14.9 Å². The molecule has 1 aliphatic rings. The third-order valence-corrected chi connectivity index (χ3v) is 5.78. The summed E-state index contributed by atoms with van der Waals surface area (Å²) in [5.74, 6) is -2.02. The number of carboxylic acids is 1. The van der Waals surface area contributed by atoms with Crippen LogP contribution in [-0.4, -0.2) is 59.9 Å². The number of hydrogen-bond acceptors (Lipinski definition) is 6. The van der Waals surface area contributed by atoms with Gasteiger partial charge in [-0.15, -0.1) is 0 Å². The van der Waals surface area contributed by atoms with Gasteiger partial charge in [0, 0.05) is 13.0 Å². The van der Waals surface area contributed by atoms with Crippen molar-refractivity contribution in [2.24, 2.45) is 0 Å². The van der Waals surface area contributed by atoms with Gasteiger partial charge in [0.2, 0.25) is 5.91 Å². The SMILES string of the molecule is CCOC(=O)C(CCc1ccccc1)N[C@@H](C)C(=O)N[C@@H](CC1(C)CCCCO1)C(=O)O. The molecular formula is C24H36N2O6. The number of esters is 1. The summed E-state index contributed by atoms with van der Waals surface area (Å²) in [5.41, 5.74) is 0.501. The molecule has 8 heteroatoms. The highest BCUT2D eigenvalue weighted by Crippen LogP contribution is 2.29. The first-order chi connectivity index (χ1) is 15.2. The van der Waals surface area contributed by atoms with E-state index in [0.717, 1.165) is 24.8 Å². The molecular weight excluding hydrogens is 412 g/mol. The number of amides is 1. The topological polar surface area (TPSA) is 114 Å². The molecule has 2 unspecified atom stereocenters. The zero-order valence-electron chi connectivity index (χ0n) is 19.3. The predicted octanol–water partition coefficient (Wildman–Crippen LogP) is 2.45. The van der Waals surface area contributed by atoms with Gasteiger partial charge in [-0.2, -0.15) is 0 Å². The Labute approximate surface area is 190 Å². The van der Waals surface area contributed by atoms with Crippen molar-refractivity contribution in [3.05, 3.63) is 35.9 Å². The minimum absolute atomic E-state index is 0.191. The molecule has 1 amide bonds. The van der Waals surface area contributed by atoms with Crippen LogP contribution in [-0.2, 0) is 30.3 Å². The third-order valence-electron chi connectivity index (χ3n) is 5.78. The van der Waals surface area contributed by atoms with Crippen molar-refractivity contribution in [1.29, 1.82) is 0 Å². The normalized spacial score (nSPS) is 21.2. The molecule has 0 aromatic heterocycles. The van der Waals surface area contributed by atoms with Crippen molar-refractivity contribution in [2.45, 2.75) is 83.0 Å². The Morgan fingerprint density at radius 3 is 2.50 bits per heavy atom. The summed E-state index contributed by atoms with van der Waals surface area (Å²) < 4.78 is 11.0. The Morgan fingerprint density at radius 2 is 1.91 bits per heavy atom. The number of carbonyl (C=O) groups excluding carboxylic acids is 2. The number of hydrogen-bond donors (Lipinski definition) is 3. The van der Waals surface area contributed by atoms with E-state index in [-0.39, 0.29) is 13.0 Å². The molecule has 1 aliphatic heterocycles. The van der Waals surface area contributed by atoms with Crippen molar-refractivity contribution in [1.82, 2.24) is 10.6 Å². The van der Waals surface area contributed by atoms with Crippen molar-refractivity contribution in [3.63, 3.8) is 0 Å². The highest BCUT2D eigenvalue weighted by Gasteiger charge is 2.35. The largest absolute Gasteiger partial charge is 0.480 e. The Balaban J connectivity index is 1.98. The van der Waals surface area contributed by atoms with Crippen molar-refractivity contribution < 1.29 is 29.0 Å². The van der Waals surface area contributed by atoms with E-state index >= 15 is 0 Å². The molecule has 8 nitrogen and oxygen atoms in total. The Morgan fingerprint density at radius 1 is 1.19 bits per heavy atom. The lowest BCUT2D eigenvalue weighted by molar-refractivity contribution is -0.148. The van der Waals surface area contributed by atoms with E-state index in [1.807, 2.05) is 37.3 Å². The summed E-state index contributed by atoms with van der Waals surface area (Å²) in [6.45, 7) is 6.06. The lowest BCUT2D eigenvalue weighted by Gasteiger charge is -2.36. The monoisotopic (exact) mass is 448 g/mol. The number of nitrogens with one attached hydrogen (secondary N) is 2. The second-order valence-electron chi connectivity index (χ2n) is 8.58. The van der Waals surface area contributed by atoms with E-state index in [2.05, 4.69) is 10.6 Å². The van der Waals surface area contributed by atoms with Crippen molar-refractivity contribution in [2.75, 3.05) is 13.2 Å². The first-order valence-electron chi connectivity index (χ1n) is 11.4. The number of carbonyl (C=O) groups is 3. The quantitative estimate of drug-likeness (QED) is 0.421. The molecule has 1 aromatic carbocycles. The van der Waals surface area contributed by atoms with Gasteiger partial charge < -0.3 is 19.9 Å². The summed E-state index contributed by atoms with van der Waals surface area (Å²) >= 11 is 0. The van der Waals surface area contributed by atoms with Crippen LogP contribution in [0.1, 0.15) is 58.4 Å². The maximum atomic E-state index is 12.8. The summed E-state index contributed by atoms with van der Waals surface area (Å²) in [6, 6.07) is 7.21. The van der Waals surface area contributed by atoms with E-state index in [1.165, 1.54) is 0 Å². The van der Waals surface area contributed by atoms with Crippen LogP contribution in [0.5, 0.6) is 0 Å². The van der Waals surface area contributed by atoms with E-state index < -0.39 is 41.6 Å². The Bertz CT molecular complexity index is 748. The van der Waals surface area contributed by atoms with Gasteiger partial charge in [-0.25, -0.2) is 4.79 Å². The van der Waals surface area contributed by atoms with Gasteiger partial charge in [0.05, 0.1) is 18.2 Å². The fourth-order valence-corrected chi connectivity index (χ4v) is 3.93. The summed E-state index contributed by atoms with van der Waals surface area (Å²) in [6.07, 6.45) is 3.96. The number of ether oxygens (including phenoxy) is 2. The third kappa shape index (κ3) is 8.24. The molecule has 2 rings (SSSR count). The summed E-state index contributed by atoms with van der Waals surface area (Å²) in [4.78, 5) is 37.0. The highest BCUT2D eigenvalue weighted by molar-refractivity contribution is 5.87. The van der Waals surface area contributed by atoms with Crippen molar-refractivity contribution in [3.8, 4) is 0 Å². The molecule has 0 radical (unpaired) electrons. The van der Waals surface area contributed by atoms with Crippen LogP contribution in [0.15, 0.2) is 30.3 Å². The van der Waals surface area contributed by atoms with Crippen LogP contribution in [0, 0.1) is 0 Å². The molecule has 32 heavy (non-hydrogen) atoms. The van der Waals surface area contributed by atoms with E-state index in [0.29, 0.717) is 19.4 Å². The van der Waals surface area contributed by atoms with Crippen LogP contribution >= 0.6 is 0 Å². The molecule has 3 N–H and O–H groups in total. The number of rotatable bonds is 12. The molecule has 0 bridgehead atoms. The van der Waals surface area contributed by atoms with Crippen LogP contribution in [0.2, 0.25) is 0 Å². The van der Waals surface area contributed by atoms with Crippen LogP contribution in [0.25, 0.3) is 0 Å². The van der Waals surface area contributed by atoms with Gasteiger partial charge in [0.1, 0.15) is 12.1 Å². The van der Waals surface area contributed by atoms with E-state index in [1.54, 1.807) is 13.8 Å².